The molecule has 0 fully saturated rings. The van der Waals surface area contributed by atoms with E-state index in [9.17, 15) is 9.18 Å². The van der Waals surface area contributed by atoms with Crippen molar-refractivity contribution in [3.63, 3.8) is 0 Å². The van der Waals surface area contributed by atoms with Gasteiger partial charge in [-0.2, -0.15) is 0 Å². The van der Waals surface area contributed by atoms with Crippen LogP contribution >= 0.6 is 0 Å². The van der Waals surface area contributed by atoms with E-state index in [1.807, 2.05) is 66.7 Å². The fraction of sp³-hybridized carbons (Fsp3) is 0.324. The Bertz CT molecular complexity index is 1320. The largest absolute Gasteiger partial charge is 0.491 e. The van der Waals surface area contributed by atoms with E-state index in [1.54, 1.807) is 12.1 Å². The SMILES string of the molecule is CCCCCCCCCCOc1ccc(-c2ccc3cc(C(=O)OCc4ccccc4)ccc3c2)cc1F. The lowest BCUT2D eigenvalue weighted by Gasteiger charge is -2.10. The molecule has 0 aliphatic carbocycles. The average molecular weight is 513 g/mol. The highest BCUT2D eigenvalue weighted by Crippen LogP contribution is 2.29. The monoisotopic (exact) mass is 512 g/mol. The lowest BCUT2D eigenvalue weighted by molar-refractivity contribution is 0.0473. The quantitative estimate of drug-likeness (QED) is 0.125. The molecule has 38 heavy (non-hydrogen) atoms. The van der Waals surface area contributed by atoms with Crippen LogP contribution in [0.25, 0.3) is 21.9 Å². The number of carbonyl (C=O) groups is 1. The van der Waals surface area contributed by atoms with Gasteiger partial charge in [-0.3, -0.25) is 0 Å². The summed E-state index contributed by atoms with van der Waals surface area (Å²) in [6.07, 6.45) is 9.78. The maximum Gasteiger partial charge on any atom is 0.338 e. The van der Waals surface area contributed by atoms with Gasteiger partial charge < -0.3 is 9.47 Å². The molecule has 0 atom stereocenters. The maximum atomic E-state index is 14.8. The fourth-order valence-electron chi connectivity index (χ4n) is 4.57. The summed E-state index contributed by atoms with van der Waals surface area (Å²) in [6, 6.07) is 26.1. The van der Waals surface area contributed by atoms with Gasteiger partial charge in [0.1, 0.15) is 6.61 Å². The first-order valence-corrected chi connectivity index (χ1v) is 13.8. The lowest BCUT2D eigenvalue weighted by atomic mass is 10.00. The summed E-state index contributed by atoms with van der Waals surface area (Å²) in [5.41, 5.74) is 3.15. The van der Waals surface area contributed by atoms with Gasteiger partial charge >= 0.3 is 5.97 Å². The van der Waals surface area contributed by atoms with E-state index < -0.39 is 0 Å². The Balaban J connectivity index is 1.31. The third-order valence-electron chi connectivity index (χ3n) is 6.81. The molecule has 0 saturated carbocycles. The molecule has 0 aliphatic rings. The van der Waals surface area contributed by atoms with Crippen LogP contribution in [-0.2, 0) is 11.3 Å². The molecular formula is C34H37FO3. The lowest BCUT2D eigenvalue weighted by Crippen LogP contribution is -2.05. The molecule has 0 N–H and O–H groups in total. The molecule has 3 nitrogen and oxygen atoms in total. The third kappa shape index (κ3) is 7.92. The Hall–Kier alpha value is -3.66. The van der Waals surface area contributed by atoms with Gasteiger partial charge in [0, 0.05) is 0 Å². The van der Waals surface area contributed by atoms with Crippen molar-refractivity contribution in [3.05, 3.63) is 102 Å². The molecule has 4 heteroatoms. The van der Waals surface area contributed by atoms with Crippen LogP contribution in [0, 0.1) is 5.82 Å². The summed E-state index contributed by atoms with van der Waals surface area (Å²) in [5, 5.41) is 1.89. The van der Waals surface area contributed by atoms with Crippen molar-refractivity contribution in [2.45, 2.75) is 64.9 Å². The molecule has 0 radical (unpaired) electrons. The zero-order chi connectivity index (χ0) is 26.6. The van der Waals surface area contributed by atoms with Crippen molar-refractivity contribution in [2.75, 3.05) is 6.61 Å². The summed E-state index contributed by atoms with van der Waals surface area (Å²) < 4.78 is 25.9. The van der Waals surface area contributed by atoms with Crippen molar-refractivity contribution in [1.29, 1.82) is 0 Å². The Labute approximate surface area is 225 Å². The molecule has 4 aromatic rings. The predicted octanol–water partition coefficient (Wildman–Crippen LogP) is 9.52. The summed E-state index contributed by atoms with van der Waals surface area (Å²) >= 11 is 0. The number of hydrogen-bond donors (Lipinski definition) is 0. The summed E-state index contributed by atoms with van der Waals surface area (Å²) in [7, 11) is 0. The van der Waals surface area contributed by atoms with Crippen LogP contribution in [0.5, 0.6) is 5.75 Å². The Morgan fingerprint density at radius 3 is 2.13 bits per heavy atom. The van der Waals surface area contributed by atoms with Gasteiger partial charge in [0.2, 0.25) is 0 Å². The molecule has 198 valence electrons. The number of halogens is 1. The zero-order valence-corrected chi connectivity index (χ0v) is 22.3. The van der Waals surface area contributed by atoms with Crippen LogP contribution in [-0.4, -0.2) is 12.6 Å². The Kier molecular flexibility index (Phi) is 10.3. The van der Waals surface area contributed by atoms with E-state index in [0.717, 1.165) is 40.3 Å². The van der Waals surface area contributed by atoms with Crippen LogP contribution in [0.4, 0.5) is 4.39 Å². The van der Waals surface area contributed by atoms with Crippen LogP contribution < -0.4 is 4.74 Å². The number of unbranched alkanes of at least 4 members (excludes halogenated alkanes) is 7. The van der Waals surface area contributed by atoms with Crippen molar-refractivity contribution in [2.24, 2.45) is 0 Å². The van der Waals surface area contributed by atoms with Crippen LogP contribution in [0.2, 0.25) is 0 Å². The molecule has 0 spiro atoms. The van der Waals surface area contributed by atoms with Crippen molar-refractivity contribution in [1.82, 2.24) is 0 Å². The highest BCUT2D eigenvalue weighted by atomic mass is 19.1. The molecule has 0 saturated heterocycles. The van der Waals surface area contributed by atoms with Crippen molar-refractivity contribution >= 4 is 16.7 Å². The molecule has 0 aromatic heterocycles. The van der Waals surface area contributed by atoms with Crippen LogP contribution in [0.1, 0.15) is 74.2 Å². The zero-order valence-electron chi connectivity index (χ0n) is 22.3. The molecule has 0 heterocycles. The second kappa shape index (κ2) is 14.3. The van der Waals surface area contributed by atoms with Gasteiger partial charge in [-0.1, -0.05) is 106 Å². The number of rotatable bonds is 14. The van der Waals surface area contributed by atoms with Gasteiger partial charge in [0.25, 0.3) is 0 Å². The highest BCUT2D eigenvalue weighted by molar-refractivity contribution is 5.96. The molecule has 0 unspecified atom stereocenters. The van der Waals surface area contributed by atoms with E-state index >= 15 is 0 Å². The van der Waals surface area contributed by atoms with Crippen molar-refractivity contribution in [3.8, 4) is 16.9 Å². The molecule has 4 aromatic carbocycles. The van der Waals surface area contributed by atoms with Gasteiger partial charge in [0.05, 0.1) is 12.2 Å². The first kappa shape index (κ1) is 27.4. The topological polar surface area (TPSA) is 35.5 Å². The van der Waals surface area contributed by atoms with Gasteiger partial charge in [-0.05, 0) is 64.2 Å². The molecular weight excluding hydrogens is 475 g/mol. The number of fused-ring (bicyclic) bond motifs is 1. The normalized spacial score (nSPS) is 11.0. The molecule has 0 amide bonds. The Morgan fingerprint density at radius 1 is 0.711 bits per heavy atom. The number of benzene rings is 4. The Morgan fingerprint density at radius 2 is 1.37 bits per heavy atom. The first-order chi connectivity index (χ1) is 18.6. The molecule has 4 rings (SSSR count). The number of hydrogen-bond acceptors (Lipinski definition) is 3. The number of esters is 1. The van der Waals surface area contributed by atoms with Crippen LogP contribution in [0.15, 0.2) is 84.9 Å². The van der Waals surface area contributed by atoms with Gasteiger partial charge in [-0.25, -0.2) is 9.18 Å². The molecule has 0 aliphatic heterocycles. The van der Waals surface area contributed by atoms with Crippen LogP contribution in [0.3, 0.4) is 0 Å². The van der Waals surface area contributed by atoms with E-state index in [0.29, 0.717) is 17.9 Å². The average Bonchev–Trinajstić information content (AvgIpc) is 2.95. The second-order valence-electron chi connectivity index (χ2n) is 9.81. The van der Waals surface area contributed by atoms with Gasteiger partial charge in [-0.15, -0.1) is 0 Å². The molecule has 0 bridgehead atoms. The smallest absolute Gasteiger partial charge is 0.338 e. The second-order valence-corrected chi connectivity index (χ2v) is 9.81. The highest BCUT2D eigenvalue weighted by Gasteiger charge is 2.11. The summed E-state index contributed by atoms with van der Waals surface area (Å²) in [6.45, 7) is 3.01. The standard InChI is InChI=1S/C34H37FO3/c1-2-3-4-5-6-7-8-12-21-37-33-20-19-30(24-32(33)35)28-15-16-29-23-31(18-17-27(29)22-28)34(36)38-25-26-13-10-9-11-14-26/h9-11,13-20,22-24H,2-8,12,21,25H2,1H3. The summed E-state index contributed by atoms with van der Waals surface area (Å²) in [5.74, 6) is -0.403. The van der Waals surface area contributed by atoms with E-state index in [-0.39, 0.29) is 18.4 Å². The predicted molar refractivity (Wildman–Crippen MR) is 153 cm³/mol. The third-order valence-corrected chi connectivity index (χ3v) is 6.81. The van der Waals surface area contributed by atoms with E-state index in [1.165, 1.54) is 44.6 Å². The minimum Gasteiger partial charge on any atom is -0.491 e. The van der Waals surface area contributed by atoms with Gasteiger partial charge in [0.15, 0.2) is 11.6 Å². The minimum atomic E-state index is -0.357. The van der Waals surface area contributed by atoms with E-state index in [4.69, 9.17) is 9.47 Å². The number of ether oxygens (including phenoxy) is 2. The first-order valence-electron chi connectivity index (χ1n) is 13.8. The number of carbonyl (C=O) groups excluding carboxylic acids is 1. The summed E-state index contributed by atoms with van der Waals surface area (Å²) in [4.78, 5) is 12.5. The minimum absolute atomic E-state index is 0.237. The van der Waals surface area contributed by atoms with Crippen molar-refractivity contribution < 1.29 is 18.7 Å². The fourth-order valence-corrected chi connectivity index (χ4v) is 4.57. The maximum absolute atomic E-state index is 14.8. The van der Waals surface area contributed by atoms with E-state index in [2.05, 4.69) is 6.92 Å².